The van der Waals surface area contributed by atoms with Gasteiger partial charge in [0.05, 0.1) is 10.6 Å². The zero-order chi connectivity index (χ0) is 15.6. The molecule has 0 unspecified atom stereocenters. The van der Waals surface area contributed by atoms with Crippen LogP contribution in [0.5, 0.6) is 0 Å². The second-order valence-electron chi connectivity index (χ2n) is 4.25. The van der Waals surface area contributed by atoms with Crippen LogP contribution in [-0.4, -0.2) is 13.4 Å². The zero-order valence-electron chi connectivity index (χ0n) is 10.7. The molecule has 2 rings (SSSR count). The van der Waals surface area contributed by atoms with Crippen molar-refractivity contribution < 1.29 is 12.8 Å². The Labute approximate surface area is 126 Å². The quantitative estimate of drug-likeness (QED) is 0.745. The molecule has 0 bridgehead atoms. The van der Waals surface area contributed by atoms with Crippen molar-refractivity contribution in [3.05, 3.63) is 53.8 Å². The number of nitrogens with two attached hydrogens (primary N) is 2. The van der Waals surface area contributed by atoms with Gasteiger partial charge in [-0.3, -0.25) is 0 Å². The van der Waals surface area contributed by atoms with E-state index in [0.29, 0.717) is 11.3 Å². The molecule has 0 aliphatic carbocycles. The summed E-state index contributed by atoms with van der Waals surface area (Å²) >= 11 is 4.77. The number of hydrogen-bond donors (Lipinski definition) is 3. The molecular formula is C13H12FN3O2S2. The van der Waals surface area contributed by atoms with E-state index in [2.05, 4.69) is 5.32 Å². The zero-order valence-corrected chi connectivity index (χ0v) is 12.3. The number of thiocarbonyl (C=S) groups is 1. The predicted octanol–water partition coefficient (Wildman–Crippen LogP) is 1.85. The van der Waals surface area contributed by atoms with Crippen LogP contribution in [0, 0.1) is 5.82 Å². The standard InChI is InChI=1S/C13H12FN3O2S2/c14-11-7-8(13(15)20)1-6-12(11)17-9-2-4-10(5-3-9)21(16,18)19/h1-7,17H,(H2,15,20)(H2,16,18,19). The highest BCUT2D eigenvalue weighted by Crippen LogP contribution is 2.22. The van der Waals surface area contributed by atoms with Crippen molar-refractivity contribution >= 4 is 38.6 Å². The maximum Gasteiger partial charge on any atom is 0.238 e. The SMILES string of the molecule is NC(=S)c1ccc(Nc2ccc(S(N)(=O)=O)cc2)c(F)c1. The minimum atomic E-state index is -3.75. The van der Waals surface area contributed by atoms with E-state index < -0.39 is 15.8 Å². The molecule has 0 aromatic heterocycles. The van der Waals surface area contributed by atoms with Crippen molar-refractivity contribution in [1.29, 1.82) is 0 Å². The van der Waals surface area contributed by atoms with Gasteiger partial charge in [0, 0.05) is 11.3 Å². The molecule has 5 nitrogen and oxygen atoms in total. The first-order chi connectivity index (χ1) is 9.77. The fraction of sp³-hybridized carbons (Fsp3) is 0. The van der Waals surface area contributed by atoms with E-state index in [1.807, 2.05) is 0 Å². The normalized spacial score (nSPS) is 11.1. The number of benzene rings is 2. The summed E-state index contributed by atoms with van der Waals surface area (Å²) in [6, 6.07) is 9.95. The first-order valence-corrected chi connectivity index (χ1v) is 7.72. The van der Waals surface area contributed by atoms with Crippen molar-refractivity contribution in [3.8, 4) is 0 Å². The summed E-state index contributed by atoms with van der Waals surface area (Å²) in [7, 11) is -3.75. The molecule has 0 saturated carbocycles. The van der Waals surface area contributed by atoms with Crippen LogP contribution in [0.1, 0.15) is 5.56 Å². The third-order valence-corrected chi connectivity index (χ3v) is 3.88. The van der Waals surface area contributed by atoms with Gasteiger partial charge in [-0.2, -0.15) is 0 Å². The third-order valence-electron chi connectivity index (χ3n) is 2.72. The number of sulfonamides is 1. The summed E-state index contributed by atoms with van der Waals surface area (Å²) in [5.41, 5.74) is 6.59. The number of hydrogen-bond acceptors (Lipinski definition) is 4. The molecule has 8 heteroatoms. The van der Waals surface area contributed by atoms with Gasteiger partial charge < -0.3 is 11.1 Å². The molecule has 0 aliphatic rings. The van der Waals surface area contributed by atoms with Crippen LogP contribution in [-0.2, 0) is 10.0 Å². The molecule has 0 aliphatic heterocycles. The van der Waals surface area contributed by atoms with Gasteiger partial charge in [0.1, 0.15) is 10.8 Å². The monoisotopic (exact) mass is 325 g/mol. The van der Waals surface area contributed by atoms with Gasteiger partial charge in [-0.05, 0) is 42.5 Å². The lowest BCUT2D eigenvalue weighted by molar-refractivity contribution is 0.598. The lowest BCUT2D eigenvalue weighted by atomic mass is 10.2. The summed E-state index contributed by atoms with van der Waals surface area (Å²) in [6.45, 7) is 0. The predicted molar refractivity (Wildman–Crippen MR) is 83.4 cm³/mol. The topological polar surface area (TPSA) is 98.2 Å². The van der Waals surface area contributed by atoms with Gasteiger partial charge >= 0.3 is 0 Å². The van der Waals surface area contributed by atoms with E-state index >= 15 is 0 Å². The molecule has 0 spiro atoms. The minimum absolute atomic E-state index is 0.0163. The van der Waals surface area contributed by atoms with E-state index in [1.54, 1.807) is 6.07 Å². The van der Waals surface area contributed by atoms with Crippen LogP contribution >= 0.6 is 12.2 Å². The number of primary sulfonamides is 1. The van der Waals surface area contributed by atoms with Crippen LogP contribution in [0.2, 0.25) is 0 Å². The van der Waals surface area contributed by atoms with Crippen LogP contribution in [0.15, 0.2) is 47.4 Å². The minimum Gasteiger partial charge on any atom is -0.389 e. The van der Waals surface area contributed by atoms with Crippen molar-refractivity contribution in [2.45, 2.75) is 4.90 Å². The fourth-order valence-corrected chi connectivity index (χ4v) is 2.30. The number of nitrogens with one attached hydrogen (secondary N) is 1. The second kappa shape index (κ2) is 5.76. The highest BCUT2D eigenvalue weighted by atomic mass is 32.2. The first kappa shape index (κ1) is 15.4. The summed E-state index contributed by atoms with van der Waals surface area (Å²) < 4.78 is 36.1. The molecule has 0 saturated heterocycles. The van der Waals surface area contributed by atoms with Crippen LogP contribution < -0.4 is 16.2 Å². The Morgan fingerprint density at radius 3 is 2.24 bits per heavy atom. The molecule has 2 aromatic carbocycles. The van der Waals surface area contributed by atoms with Gasteiger partial charge in [0.25, 0.3) is 0 Å². The molecule has 110 valence electrons. The molecule has 21 heavy (non-hydrogen) atoms. The second-order valence-corrected chi connectivity index (χ2v) is 6.25. The smallest absolute Gasteiger partial charge is 0.238 e. The maximum absolute atomic E-state index is 13.9. The van der Waals surface area contributed by atoms with E-state index in [1.165, 1.54) is 36.4 Å². The van der Waals surface area contributed by atoms with E-state index in [0.717, 1.165) is 0 Å². The fourth-order valence-electron chi connectivity index (χ4n) is 1.65. The summed E-state index contributed by atoms with van der Waals surface area (Å²) in [5, 5.41) is 7.82. The van der Waals surface area contributed by atoms with Crippen molar-refractivity contribution in [1.82, 2.24) is 0 Å². The Kier molecular flexibility index (Phi) is 4.21. The van der Waals surface area contributed by atoms with Gasteiger partial charge in [0.15, 0.2) is 0 Å². The molecule has 0 radical (unpaired) electrons. The molecule has 0 amide bonds. The first-order valence-electron chi connectivity index (χ1n) is 5.76. The lowest BCUT2D eigenvalue weighted by Crippen LogP contribution is -2.12. The molecule has 5 N–H and O–H groups in total. The van der Waals surface area contributed by atoms with Crippen molar-refractivity contribution in [2.24, 2.45) is 10.9 Å². The summed E-state index contributed by atoms with van der Waals surface area (Å²) in [4.78, 5) is 0.0929. The Bertz CT molecular complexity index is 790. The average Bonchev–Trinajstić information content (AvgIpc) is 2.40. The molecule has 0 fully saturated rings. The Morgan fingerprint density at radius 2 is 1.76 bits per heavy atom. The summed E-state index contributed by atoms with van der Waals surface area (Å²) in [6.07, 6.45) is 0. The van der Waals surface area contributed by atoms with Crippen LogP contribution in [0.3, 0.4) is 0 Å². The number of anilines is 2. The van der Waals surface area contributed by atoms with Gasteiger partial charge in [-0.25, -0.2) is 17.9 Å². The van der Waals surface area contributed by atoms with E-state index in [4.69, 9.17) is 23.1 Å². The highest BCUT2D eigenvalue weighted by Gasteiger charge is 2.08. The Hall–Kier alpha value is -2.03. The van der Waals surface area contributed by atoms with Gasteiger partial charge in [-0.1, -0.05) is 12.2 Å². The third kappa shape index (κ3) is 3.75. The Balaban J connectivity index is 2.24. The molecule has 0 atom stereocenters. The molecule has 0 heterocycles. The average molecular weight is 325 g/mol. The van der Waals surface area contributed by atoms with Crippen molar-refractivity contribution in [2.75, 3.05) is 5.32 Å². The highest BCUT2D eigenvalue weighted by molar-refractivity contribution is 7.89. The van der Waals surface area contributed by atoms with Gasteiger partial charge in [0.2, 0.25) is 10.0 Å². The lowest BCUT2D eigenvalue weighted by Gasteiger charge is -2.09. The maximum atomic E-state index is 13.9. The number of halogens is 1. The van der Waals surface area contributed by atoms with E-state index in [-0.39, 0.29) is 15.6 Å². The molecular weight excluding hydrogens is 313 g/mol. The van der Waals surface area contributed by atoms with Crippen LogP contribution in [0.25, 0.3) is 0 Å². The molecule has 2 aromatic rings. The van der Waals surface area contributed by atoms with Gasteiger partial charge in [-0.15, -0.1) is 0 Å². The number of rotatable bonds is 4. The Morgan fingerprint density at radius 1 is 1.14 bits per heavy atom. The van der Waals surface area contributed by atoms with Crippen LogP contribution in [0.4, 0.5) is 15.8 Å². The van der Waals surface area contributed by atoms with Crippen molar-refractivity contribution in [3.63, 3.8) is 0 Å². The van der Waals surface area contributed by atoms with E-state index in [9.17, 15) is 12.8 Å². The largest absolute Gasteiger partial charge is 0.389 e. The summed E-state index contributed by atoms with van der Waals surface area (Å²) in [5.74, 6) is -0.518.